The lowest BCUT2D eigenvalue weighted by Crippen LogP contribution is -2.42. The quantitative estimate of drug-likeness (QED) is 0.229. The number of rotatable bonds is 9. The van der Waals surface area contributed by atoms with E-state index in [0.29, 0.717) is 61.3 Å². The predicted molar refractivity (Wildman–Crippen MR) is 172 cm³/mol. The summed E-state index contributed by atoms with van der Waals surface area (Å²) in [5, 5.41) is 10.8. The number of esters is 1. The normalized spacial score (nSPS) is 23.4. The van der Waals surface area contributed by atoms with Gasteiger partial charge in [0.2, 0.25) is 5.91 Å². The van der Waals surface area contributed by atoms with Crippen molar-refractivity contribution in [2.45, 2.75) is 76.0 Å². The maximum atomic E-state index is 14.2. The molecule has 3 fully saturated rings. The minimum absolute atomic E-state index is 0.0931. The van der Waals surface area contributed by atoms with Crippen LogP contribution in [-0.4, -0.2) is 37.6 Å². The minimum Gasteiger partial charge on any atom is -0.495 e. The minimum atomic E-state index is -0.161. The van der Waals surface area contributed by atoms with E-state index in [1.54, 1.807) is 18.4 Å². The number of nitriles is 1. The fourth-order valence-electron chi connectivity index (χ4n) is 7.06. The molecule has 3 aliphatic carbocycles. The molecule has 0 bridgehead atoms. The zero-order chi connectivity index (χ0) is 30.6. The molecule has 3 aliphatic rings. The van der Waals surface area contributed by atoms with Gasteiger partial charge in [0.05, 0.1) is 35.6 Å². The van der Waals surface area contributed by atoms with Gasteiger partial charge in [0, 0.05) is 30.3 Å². The van der Waals surface area contributed by atoms with Crippen LogP contribution in [0.25, 0.3) is 10.4 Å². The van der Waals surface area contributed by atoms with Crippen molar-refractivity contribution < 1.29 is 19.1 Å². The first-order valence-electron chi connectivity index (χ1n) is 16.0. The Morgan fingerprint density at radius 2 is 1.66 bits per heavy atom. The molecule has 1 amide bonds. The third kappa shape index (κ3) is 6.68. The number of amides is 1. The maximum absolute atomic E-state index is 14.2. The molecular formula is C36H41N3O4S. The van der Waals surface area contributed by atoms with Gasteiger partial charge in [0.25, 0.3) is 0 Å². The number of benzene rings is 2. The van der Waals surface area contributed by atoms with Crippen LogP contribution in [0, 0.1) is 29.1 Å². The Morgan fingerprint density at radius 1 is 0.932 bits per heavy atom. The van der Waals surface area contributed by atoms with Gasteiger partial charge >= 0.3 is 5.97 Å². The van der Waals surface area contributed by atoms with E-state index in [1.807, 2.05) is 23.2 Å². The number of ether oxygens (including phenoxy) is 2. The fraction of sp³-hybridized carbons (Fsp3) is 0.500. The summed E-state index contributed by atoms with van der Waals surface area (Å²) in [5.41, 5.74) is 3.82. The summed E-state index contributed by atoms with van der Waals surface area (Å²) in [6.07, 6.45) is 11.3. The van der Waals surface area contributed by atoms with Crippen molar-refractivity contribution in [3.05, 3.63) is 64.8 Å². The van der Waals surface area contributed by atoms with E-state index in [9.17, 15) is 14.9 Å². The number of nitrogens with zero attached hydrogens (tertiary/aromatic N) is 3. The van der Waals surface area contributed by atoms with Gasteiger partial charge in [0.1, 0.15) is 11.8 Å². The van der Waals surface area contributed by atoms with Crippen molar-refractivity contribution in [1.29, 1.82) is 5.26 Å². The molecule has 0 spiro atoms. The smallest absolute Gasteiger partial charge is 0.308 e. The first-order chi connectivity index (χ1) is 21.5. The molecule has 0 unspecified atom stereocenters. The summed E-state index contributed by atoms with van der Waals surface area (Å²) in [5.74, 6) is 1.84. The monoisotopic (exact) mass is 611 g/mol. The molecular weight excluding hydrogens is 570 g/mol. The van der Waals surface area contributed by atoms with Crippen LogP contribution in [0.15, 0.2) is 48.7 Å². The van der Waals surface area contributed by atoms with E-state index in [2.05, 4.69) is 41.4 Å². The second kappa shape index (κ2) is 13.5. The van der Waals surface area contributed by atoms with Gasteiger partial charge in [-0.25, -0.2) is 4.98 Å². The molecule has 2 aromatic carbocycles. The highest BCUT2D eigenvalue weighted by atomic mass is 32.1. The highest BCUT2D eigenvalue weighted by Crippen LogP contribution is 2.44. The highest BCUT2D eigenvalue weighted by Gasteiger charge is 2.35. The van der Waals surface area contributed by atoms with Gasteiger partial charge in [-0.15, -0.1) is 11.3 Å². The van der Waals surface area contributed by atoms with Crippen LogP contribution in [-0.2, 0) is 14.3 Å². The summed E-state index contributed by atoms with van der Waals surface area (Å²) < 4.78 is 10.3. The van der Waals surface area contributed by atoms with Crippen LogP contribution in [0.1, 0.15) is 92.2 Å². The Bertz CT molecular complexity index is 1520. The molecule has 0 N–H and O–H groups in total. The largest absolute Gasteiger partial charge is 0.495 e. The second-order valence-electron chi connectivity index (χ2n) is 12.7. The molecule has 8 heteroatoms. The Morgan fingerprint density at radius 3 is 2.34 bits per heavy atom. The van der Waals surface area contributed by atoms with E-state index in [4.69, 9.17) is 9.47 Å². The van der Waals surface area contributed by atoms with Crippen LogP contribution >= 0.6 is 11.3 Å². The molecule has 7 nitrogen and oxygen atoms in total. The van der Waals surface area contributed by atoms with Gasteiger partial charge in [-0.1, -0.05) is 18.2 Å². The highest BCUT2D eigenvalue weighted by molar-refractivity contribution is 7.15. The standard InChI is InChI=1S/C36H41N3O4S/c1-42-32-17-16-28(18-30(32)20-37)24-8-6-23(7-9-24)22-39(35(40)26-12-14-27(15-13-26)36(41)43-2)31-5-3-4-29(19-31)33-21-38-34(44-33)25-10-11-25/h3-5,16-19,21,23-27H,6-15,22H2,1-2H3. The molecule has 0 aliphatic heterocycles. The number of thiazole rings is 1. The molecule has 0 radical (unpaired) electrons. The summed E-state index contributed by atoms with van der Waals surface area (Å²) in [6, 6.07) is 16.6. The second-order valence-corrected chi connectivity index (χ2v) is 13.8. The maximum Gasteiger partial charge on any atom is 0.308 e. The summed E-state index contributed by atoms with van der Waals surface area (Å²) >= 11 is 1.77. The number of aromatic nitrogens is 1. The van der Waals surface area contributed by atoms with Gasteiger partial charge < -0.3 is 14.4 Å². The first-order valence-corrected chi connectivity index (χ1v) is 16.8. The molecule has 0 atom stereocenters. The molecule has 1 heterocycles. The van der Waals surface area contributed by atoms with Crippen molar-refractivity contribution >= 4 is 28.9 Å². The van der Waals surface area contributed by atoms with E-state index in [0.717, 1.165) is 41.8 Å². The van der Waals surface area contributed by atoms with Crippen molar-refractivity contribution in [2.75, 3.05) is 25.7 Å². The lowest BCUT2D eigenvalue weighted by atomic mass is 9.77. The number of anilines is 1. The van der Waals surface area contributed by atoms with Gasteiger partial charge in [0.15, 0.2) is 0 Å². The Balaban J connectivity index is 1.19. The number of methoxy groups -OCH3 is 2. The van der Waals surface area contributed by atoms with Gasteiger partial charge in [-0.2, -0.15) is 5.26 Å². The average molecular weight is 612 g/mol. The van der Waals surface area contributed by atoms with Crippen LogP contribution in [0.4, 0.5) is 5.69 Å². The third-order valence-corrected chi connectivity index (χ3v) is 11.1. The number of hydrogen-bond donors (Lipinski definition) is 0. The van der Waals surface area contributed by atoms with Crippen LogP contribution in [0.3, 0.4) is 0 Å². The summed E-state index contributed by atoms with van der Waals surface area (Å²) in [4.78, 5) is 34.3. The van der Waals surface area contributed by atoms with Crippen LogP contribution in [0.5, 0.6) is 5.75 Å². The lowest BCUT2D eigenvalue weighted by Gasteiger charge is -2.36. The zero-order valence-electron chi connectivity index (χ0n) is 25.7. The van der Waals surface area contributed by atoms with Crippen molar-refractivity contribution in [3.8, 4) is 22.3 Å². The van der Waals surface area contributed by atoms with E-state index in [1.165, 1.54) is 30.5 Å². The number of hydrogen-bond acceptors (Lipinski definition) is 7. The molecule has 1 aromatic heterocycles. The Kier molecular flexibility index (Phi) is 9.32. The number of carbonyl (C=O) groups is 2. The van der Waals surface area contributed by atoms with Gasteiger partial charge in [-0.3, -0.25) is 9.59 Å². The molecule has 6 rings (SSSR count). The third-order valence-electron chi connectivity index (χ3n) is 9.87. The van der Waals surface area contributed by atoms with Crippen LogP contribution in [0.2, 0.25) is 0 Å². The first kappa shape index (κ1) is 30.3. The predicted octanol–water partition coefficient (Wildman–Crippen LogP) is 7.85. The van der Waals surface area contributed by atoms with Crippen LogP contribution < -0.4 is 9.64 Å². The Labute approximate surface area is 264 Å². The lowest BCUT2D eigenvalue weighted by molar-refractivity contribution is -0.147. The molecule has 44 heavy (non-hydrogen) atoms. The van der Waals surface area contributed by atoms with Crippen molar-refractivity contribution in [3.63, 3.8) is 0 Å². The summed E-state index contributed by atoms with van der Waals surface area (Å²) in [6.45, 7) is 0.689. The van der Waals surface area contributed by atoms with Gasteiger partial charge in [-0.05, 0) is 111 Å². The fourth-order valence-corrected chi connectivity index (χ4v) is 8.14. The summed E-state index contributed by atoms with van der Waals surface area (Å²) in [7, 11) is 3.04. The van der Waals surface area contributed by atoms with Crippen molar-refractivity contribution in [1.82, 2.24) is 4.98 Å². The molecule has 0 saturated heterocycles. The molecule has 3 saturated carbocycles. The van der Waals surface area contributed by atoms with E-state index in [-0.39, 0.29) is 23.7 Å². The molecule has 3 aromatic rings. The Hall–Kier alpha value is -3.70. The molecule has 230 valence electrons. The van der Waals surface area contributed by atoms with Crippen molar-refractivity contribution in [2.24, 2.45) is 17.8 Å². The average Bonchev–Trinajstić information content (AvgIpc) is 3.82. The number of carbonyl (C=O) groups excluding carboxylic acids is 2. The topological polar surface area (TPSA) is 92.5 Å². The SMILES string of the molecule is COC(=O)C1CCC(C(=O)N(CC2CCC(c3ccc(OC)c(C#N)c3)CC2)c2cccc(-c3cnc(C4CC4)s3)c2)CC1. The van der Waals surface area contributed by atoms with E-state index >= 15 is 0 Å². The van der Waals surface area contributed by atoms with E-state index < -0.39 is 0 Å². The zero-order valence-corrected chi connectivity index (χ0v) is 26.5.